The van der Waals surface area contributed by atoms with Gasteiger partial charge in [0.15, 0.2) is 17.5 Å². The molecule has 3 unspecified atom stereocenters. The molecule has 0 spiro atoms. The summed E-state index contributed by atoms with van der Waals surface area (Å²) in [5, 5.41) is 0. The Morgan fingerprint density at radius 2 is 0.936 bits per heavy atom. The van der Waals surface area contributed by atoms with E-state index >= 15 is 0 Å². The van der Waals surface area contributed by atoms with Gasteiger partial charge in [-0.1, -0.05) is 122 Å². The van der Waals surface area contributed by atoms with Crippen LogP contribution in [0.15, 0.2) is 127 Å². The SMILES string of the molecule is [B]c1ccc(-c2nc(-c3ccc(C4(C)C[C@H]5CC6C[C@@H](C4)C65)cc3)nc(-c3cc(-c4ccccc4)cc(-c4ccccc4)c3)n2)cc1. The van der Waals surface area contributed by atoms with Crippen LogP contribution >= 0.6 is 0 Å². The van der Waals surface area contributed by atoms with Crippen molar-refractivity contribution in [1.82, 2.24) is 15.0 Å². The number of hydrogen-bond acceptors (Lipinski definition) is 3. The summed E-state index contributed by atoms with van der Waals surface area (Å²) in [5.41, 5.74) is 9.81. The first kappa shape index (κ1) is 28.4. The molecule has 1 aromatic heterocycles. The number of aromatic nitrogens is 3. The Balaban J connectivity index is 1.15. The molecule has 1 heterocycles. The minimum Gasteiger partial charge on any atom is -0.208 e. The number of nitrogens with zero attached hydrogens (tertiary/aromatic N) is 3. The molecule has 5 atom stereocenters. The molecule has 0 amide bonds. The van der Waals surface area contributed by atoms with E-state index in [0.29, 0.717) is 22.9 Å². The Labute approximate surface area is 278 Å². The smallest absolute Gasteiger partial charge is 0.164 e. The van der Waals surface area contributed by atoms with Crippen molar-refractivity contribution >= 4 is 13.3 Å². The van der Waals surface area contributed by atoms with E-state index in [1.54, 1.807) is 0 Å². The van der Waals surface area contributed by atoms with Crippen molar-refractivity contribution in [3.05, 3.63) is 133 Å². The van der Waals surface area contributed by atoms with Crippen molar-refractivity contribution in [2.75, 3.05) is 0 Å². The second kappa shape index (κ2) is 11.2. The van der Waals surface area contributed by atoms with Gasteiger partial charge in [-0.05, 0) is 101 Å². The molecular formula is C43H36BN3. The third kappa shape index (κ3) is 5.11. The van der Waals surface area contributed by atoms with Gasteiger partial charge in [-0.2, -0.15) is 0 Å². The Morgan fingerprint density at radius 3 is 1.43 bits per heavy atom. The fourth-order valence-electron chi connectivity index (χ4n) is 8.95. The predicted molar refractivity (Wildman–Crippen MR) is 192 cm³/mol. The summed E-state index contributed by atoms with van der Waals surface area (Å²) in [4.78, 5) is 15.3. The van der Waals surface area contributed by atoms with E-state index in [9.17, 15) is 0 Å². The first-order chi connectivity index (χ1) is 23.0. The minimum absolute atomic E-state index is 0.251. The predicted octanol–water partition coefficient (Wildman–Crippen LogP) is 9.32. The maximum absolute atomic E-state index is 6.05. The molecule has 47 heavy (non-hydrogen) atoms. The molecule has 0 aliphatic heterocycles. The highest BCUT2D eigenvalue weighted by molar-refractivity contribution is 6.32. The summed E-state index contributed by atoms with van der Waals surface area (Å²) < 4.78 is 0. The molecule has 3 saturated carbocycles. The Morgan fingerprint density at radius 1 is 0.489 bits per heavy atom. The van der Waals surface area contributed by atoms with Gasteiger partial charge in [0.2, 0.25) is 0 Å². The standard InChI is InChI=1S/C43H36BN3/c1-43(25-35-23-33-24-36(26-43)39(33)35)37-16-12-29(13-17-37)40-45-41(30-14-18-38(44)19-15-30)47-42(46-40)34-21-31(27-8-4-2-5-9-27)20-32(22-34)28-10-6-3-7-11-28/h2-22,33,35-36,39H,23-26H2,1H3/t33?,35-,36+,39?,43?. The molecule has 226 valence electrons. The lowest BCUT2D eigenvalue weighted by molar-refractivity contribution is -0.141. The lowest BCUT2D eigenvalue weighted by atomic mass is 9.39. The van der Waals surface area contributed by atoms with Crippen molar-refractivity contribution in [3.63, 3.8) is 0 Å². The molecule has 0 N–H and O–H groups in total. The number of benzene rings is 5. The summed E-state index contributed by atoms with van der Waals surface area (Å²) in [6.07, 6.45) is 5.55. The van der Waals surface area contributed by atoms with Gasteiger partial charge in [0, 0.05) is 16.7 Å². The van der Waals surface area contributed by atoms with Crippen LogP contribution in [0.5, 0.6) is 0 Å². The topological polar surface area (TPSA) is 38.7 Å². The van der Waals surface area contributed by atoms with E-state index in [2.05, 4.69) is 110 Å². The second-order valence-corrected chi connectivity index (χ2v) is 14.3. The second-order valence-electron chi connectivity index (χ2n) is 14.3. The van der Waals surface area contributed by atoms with Crippen LogP contribution in [0.2, 0.25) is 0 Å². The highest BCUT2D eigenvalue weighted by Gasteiger charge is 2.59. The van der Waals surface area contributed by atoms with E-state index < -0.39 is 0 Å². The van der Waals surface area contributed by atoms with E-state index in [0.717, 1.165) is 62.6 Å². The van der Waals surface area contributed by atoms with E-state index in [-0.39, 0.29) is 5.41 Å². The number of hydrogen-bond donors (Lipinski definition) is 0. The van der Waals surface area contributed by atoms with Crippen LogP contribution in [0, 0.1) is 23.7 Å². The lowest BCUT2D eigenvalue weighted by Gasteiger charge is -2.65. The monoisotopic (exact) mass is 605 g/mol. The third-order valence-corrected chi connectivity index (χ3v) is 11.3. The third-order valence-electron chi connectivity index (χ3n) is 11.3. The highest BCUT2D eigenvalue weighted by atomic mass is 15.0. The zero-order valence-electron chi connectivity index (χ0n) is 26.7. The largest absolute Gasteiger partial charge is 0.208 e. The maximum atomic E-state index is 6.05. The van der Waals surface area contributed by atoms with Crippen molar-refractivity contribution in [2.45, 2.75) is 38.0 Å². The summed E-state index contributed by atoms with van der Waals surface area (Å²) >= 11 is 0. The zero-order chi connectivity index (χ0) is 31.5. The fraction of sp³-hybridized carbons (Fsp3) is 0.233. The van der Waals surface area contributed by atoms with Crippen LogP contribution in [-0.4, -0.2) is 22.8 Å². The van der Waals surface area contributed by atoms with Gasteiger partial charge in [-0.25, -0.2) is 15.0 Å². The molecule has 3 nitrogen and oxygen atoms in total. The fourth-order valence-corrected chi connectivity index (χ4v) is 8.95. The van der Waals surface area contributed by atoms with Crippen LogP contribution in [0.4, 0.5) is 0 Å². The van der Waals surface area contributed by atoms with Gasteiger partial charge in [0.1, 0.15) is 7.85 Å². The van der Waals surface area contributed by atoms with E-state index in [1.807, 2.05) is 24.3 Å². The van der Waals surface area contributed by atoms with Crippen molar-refractivity contribution in [2.24, 2.45) is 23.7 Å². The van der Waals surface area contributed by atoms with Crippen molar-refractivity contribution < 1.29 is 0 Å². The highest BCUT2D eigenvalue weighted by Crippen LogP contribution is 2.67. The Hall–Kier alpha value is -4.83. The molecule has 9 rings (SSSR count). The van der Waals surface area contributed by atoms with Gasteiger partial charge in [-0.15, -0.1) is 0 Å². The van der Waals surface area contributed by atoms with Crippen LogP contribution < -0.4 is 5.46 Å². The molecule has 6 aromatic rings. The first-order valence-corrected chi connectivity index (χ1v) is 17.0. The van der Waals surface area contributed by atoms with Gasteiger partial charge < -0.3 is 0 Å². The first-order valence-electron chi connectivity index (χ1n) is 17.0. The normalized spacial score (nSPS) is 24.1. The molecule has 4 heteroatoms. The van der Waals surface area contributed by atoms with Gasteiger partial charge >= 0.3 is 0 Å². The lowest BCUT2D eigenvalue weighted by Crippen LogP contribution is -2.58. The molecular weight excluding hydrogens is 569 g/mol. The van der Waals surface area contributed by atoms with Crippen LogP contribution in [-0.2, 0) is 5.41 Å². The summed E-state index contributed by atoms with van der Waals surface area (Å²) in [7, 11) is 6.05. The molecule has 3 aliphatic rings. The van der Waals surface area contributed by atoms with Gasteiger partial charge in [0.05, 0.1) is 0 Å². The van der Waals surface area contributed by atoms with E-state index in [4.69, 9.17) is 22.8 Å². The van der Waals surface area contributed by atoms with Crippen LogP contribution in [0.25, 0.3) is 56.4 Å². The average molecular weight is 606 g/mol. The van der Waals surface area contributed by atoms with E-state index in [1.165, 1.54) is 31.2 Å². The molecule has 0 bridgehead atoms. The minimum atomic E-state index is 0.251. The summed E-state index contributed by atoms with van der Waals surface area (Å²) in [5.74, 6) is 5.89. The summed E-state index contributed by atoms with van der Waals surface area (Å²) in [6.45, 7) is 2.49. The molecule has 2 radical (unpaired) electrons. The number of rotatable bonds is 6. The zero-order valence-corrected chi connectivity index (χ0v) is 26.7. The quantitative estimate of drug-likeness (QED) is 0.178. The van der Waals surface area contributed by atoms with Crippen LogP contribution in [0.1, 0.15) is 38.2 Å². The molecule has 0 saturated heterocycles. The summed E-state index contributed by atoms with van der Waals surface area (Å²) in [6, 6.07) is 44.5. The van der Waals surface area contributed by atoms with Crippen molar-refractivity contribution in [3.8, 4) is 56.4 Å². The van der Waals surface area contributed by atoms with Gasteiger partial charge in [-0.3, -0.25) is 0 Å². The van der Waals surface area contributed by atoms with Crippen LogP contribution in [0.3, 0.4) is 0 Å². The maximum Gasteiger partial charge on any atom is 0.164 e. The Bertz CT molecular complexity index is 2000. The molecule has 5 aromatic carbocycles. The van der Waals surface area contributed by atoms with Crippen molar-refractivity contribution in [1.29, 1.82) is 0 Å². The Kier molecular flexibility index (Phi) is 6.74. The molecule has 3 fully saturated rings. The average Bonchev–Trinajstić information content (AvgIpc) is 3.10. The molecule has 3 aliphatic carbocycles. The van der Waals surface area contributed by atoms with Gasteiger partial charge in [0.25, 0.3) is 0 Å².